The summed E-state index contributed by atoms with van der Waals surface area (Å²) in [6, 6.07) is 21.4. The molecule has 1 heteroatoms. The van der Waals surface area contributed by atoms with Crippen molar-refractivity contribution in [2.75, 3.05) is 6.61 Å². The van der Waals surface area contributed by atoms with Crippen molar-refractivity contribution < 1.29 is 4.74 Å². The Bertz CT molecular complexity index is 1230. The van der Waals surface area contributed by atoms with Crippen molar-refractivity contribution in [3.63, 3.8) is 0 Å². The highest BCUT2D eigenvalue weighted by molar-refractivity contribution is 5.76. The van der Waals surface area contributed by atoms with Crippen LogP contribution in [0.2, 0.25) is 0 Å². The van der Waals surface area contributed by atoms with Crippen molar-refractivity contribution in [2.45, 2.75) is 125 Å². The molecule has 1 aliphatic carbocycles. The lowest BCUT2D eigenvalue weighted by Gasteiger charge is -2.30. The highest BCUT2D eigenvalue weighted by Gasteiger charge is 2.24. The van der Waals surface area contributed by atoms with Crippen LogP contribution in [-0.4, -0.2) is 6.61 Å². The number of hydrogen-bond acceptors (Lipinski definition) is 1. The molecule has 0 atom stereocenters. The molecule has 0 aliphatic heterocycles. The Labute approximate surface area is 252 Å². The summed E-state index contributed by atoms with van der Waals surface area (Å²) in [6.45, 7) is 17.0. The van der Waals surface area contributed by atoms with Crippen LogP contribution in [0.5, 0.6) is 5.75 Å². The van der Waals surface area contributed by atoms with Gasteiger partial charge in [0.1, 0.15) is 5.75 Å². The van der Waals surface area contributed by atoms with Crippen LogP contribution in [0.1, 0.15) is 128 Å². The Kier molecular flexibility index (Phi) is 11.2. The predicted octanol–water partition coefficient (Wildman–Crippen LogP) is 12.0. The predicted molar refractivity (Wildman–Crippen MR) is 179 cm³/mol. The minimum Gasteiger partial charge on any atom is -0.493 e. The summed E-state index contributed by atoms with van der Waals surface area (Å²) in [7, 11) is 0. The zero-order valence-electron chi connectivity index (χ0n) is 27.2. The first-order valence-electron chi connectivity index (χ1n) is 16.9. The van der Waals surface area contributed by atoms with Gasteiger partial charge in [0.2, 0.25) is 0 Å². The molecule has 0 bridgehead atoms. The highest BCUT2D eigenvalue weighted by atomic mass is 16.5. The van der Waals surface area contributed by atoms with E-state index in [4.69, 9.17) is 4.74 Å². The van der Waals surface area contributed by atoms with Crippen LogP contribution in [0, 0.1) is 11.3 Å². The van der Waals surface area contributed by atoms with Gasteiger partial charge in [0.25, 0.3) is 0 Å². The Morgan fingerprint density at radius 3 is 1.80 bits per heavy atom. The lowest BCUT2D eigenvalue weighted by Crippen LogP contribution is -2.21. The summed E-state index contributed by atoms with van der Waals surface area (Å²) in [5.41, 5.74) is 11.5. The molecule has 0 N–H and O–H groups in total. The van der Waals surface area contributed by atoms with Crippen molar-refractivity contribution >= 4 is 0 Å². The molecule has 4 rings (SSSR count). The fraction of sp³-hybridized carbons (Fsp3) is 0.550. The fourth-order valence-corrected chi connectivity index (χ4v) is 7.16. The first kappa shape index (κ1) is 31.4. The maximum atomic E-state index is 6.50. The van der Waals surface area contributed by atoms with E-state index in [0.29, 0.717) is 5.41 Å². The van der Waals surface area contributed by atoms with E-state index in [0.717, 1.165) is 49.9 Å². The molecule has 0 heterocycles. The van der Waals surface area contributed by atoms with Crippen molar-refractivity contribution in [2.24, 2.45) is 11.3 Å². The molecule has 41 heavy (non-hydrogen) atoms. The molecular weight excluding hydrogens is 496 g/mol. The molecule has 1 nitrogen and oxygen atoms in total. The fourth-order valence-electron chi connectivity index (χ4n) is 7.16. The standard InChI is InChI=1S/C40H56O/c1-8-30-26-36(22-23-37(30)35-20-18-34(19-21-35)33-16-14-29(7)15-17-33)38-27-32(10-3)39(28-31(38)9-2)41-25-24-40(11-4,12-5)13-6/h18-23,26-29,33H,8-17,24-25H2,1-7H3. The molecule has 222 valence electrons. The van der Waals surface area contributed by atoms with Crippen molar-refractivity contribution in [1.82, 2.24) is 0 Å². The number of hydrogen-bond donors (Lipinski definition) is 0. The molecule has 1 fully saturated rings. The average molecular weight is 553 g/mol. The van der Waals surface area contributed by atoms with Gasteiger partial charge in [-0.05, 0) is 112 Å². The van der Waals surface area contributed by atoms with E-state index in [-0.39, 0.29) is 0 Å². The number of benzene rings is 3. The van der Waals surface area contributed by atoms with Crippen LogP contribution >= 0.6 is 0 Å². The third-order valence-electron chi connectivity index (χ3n) is 10.7. The van der Waals surface area contributed by atoms with Crippen LogP contribution in [-0.2, 0) is 19.3 Å². The van der Waals surface area contributed by atoms with Gasteiger partial charge in [-0.2, -0.15) is 0 Å². The normalized spacial score (nSPS) is 17.5. The topological polar surface area (TPSA) is 9.23 Å². The smallest absolute Gasteiger partial charge is 0.122 e. The van der Waals surface area contributed by atoms with Crippen molar-refractivity contribution in [3.8, 4) is 28.0 Å². The van der Waals surface area contributed by atoms with Crippen LogP contribution in [0.15, 0.2) is 54.6 Å². The molecule has 0 unspecified atom stereocenters. The minimum atomic E-state index is 0.410. The summed E-state index contributed by atoms with van der Waals surface area (Å²) >= 11 is 0. The van der Waals surface area contributed by atoms with E-state index in [1.165, 1.54) is 89.5 Å². The van der Waals surface area contributed by atoms with E-state index in [1.54, 1.807) is 0 Å². The van der Waals surface area contributed by atoms with Crippen LogP contribution in [0.4, 0.5) is 0 Å². The molecule has 3 aromatic carbocycles. The lowest BCUT2D eigenvalue weighted by molar-refractivity contribution is 0.173. The van der Waals surface area contributed by atoms with Crippen LogP contribution < -0.4 is 4.74 Å². The van der Waals surface area contributed by atoms with Gasteiger partial charge in [0.15, 0.2) is 0 Å². The average Bonchev–Trinajstić information content (AvgIpc) is 3.03. The summed E-state index contributed by atoms with van der Waals surface area (Å²) in [6.07, 6.45) is 13.3. The number of aryl methyl sites for hydroxylation is 3. The second-order valence-electron chi connectivity index (χ2n) is 12.8. The van der Waals surface area contributed by atoms with Gasteiger partial charge in [-0.1, -0.05) is 123 Å². The molecule has 1 aliphatic rings. The van der Waals surface area contributed by atoms with Gasteiger partial charge >= 0.3 is 0 Å². The van der Waals surface area contributed by atoms with Gasteiger partial charge in [-0.25, -0.2) is 0 Å². The number of rotatable bonds is 13. The lowest BCUT2D eigenvalue weighted by atomic mass is 9.77. The maximum absolute atomic E-state index is 6.50. The van der Waals surface area contributed by atoms with E-state index < -0.39 is 0 Å². The Hall–Kier alpha value is -2.54. The maximum Gasteiger partial charge on any atom is 0.122 e. The second kappa shape index (κ2) is 14.6. The van der Waals surface area contributed by atoms with Gasteiger partial charge in [-0.15, -0.1) is 0 Å². The zero-order valence-corrected chi connectivity index (χ0v) is 27.2. The van der Waals surface area contributed by atoms with E-state index in [1.807, 2.05) is 0 Å². The molecule has 0 spiro atoms. The van der Waals surface area contributed by atoms with E-state index in [2.05, 4.69) is 103 Å². The zero-order chi connectivity index (χ0) is 29.4. The third kappa shape index (κ3) is 7.28. The van der Waals surface area contributed by atoms with Gasteiger partial charge in [0, 0.05) is 0 Å². The van der Waals surface area contributed by atoms with E-state index in [9.17, 15) is 0 Å². The summed E-state index contributed by atoms with van der Waals surface area (Å²) < 4.78 is 6.50. The Morgan fingerprint density at radius 2 is 1.22 bits per heavy atom. The third-order valence-corrected chi connectivity index (χ3v) is 10.7. The minimum absolute atomic E-state index is 0.410. The van der Waals surface area contributed by atoms with Gasteiger partial charge in [-0.3, -0.25) is 0 Å². The molecular formula is C40H56O. The van der Waals surface area contributed by atoms with Gasteiger partial charge < -0.3 is 4.74 Å². The molecule has 0 amide bonds. The van der Waals surface area contributed by atoms with Crippen LogP contribution in [0.3, 0.4) is 0 Å². The molecule has 1 saturated carbocycles. The molecule has 3 aromatic rings. The van der Waals surface area contributed by atoms with E-state index >= 15 is 0 Å². The van der Waals surface area contributed by atoms with Crippen molar-refractivity contribution in [3.05, 3.63) is 76.9 Å². The molecule has 0 aromatic heterocycles. The molecule has 0 radical (unpaired) electrons. The van der Waals surface area contributed by atoms with Crippen LogP contribution in [0.25, 0.3) is 22.3 Å². The first-order chi connectivity index (χ1) is 19.9. The summed E-state index contributed by atoms with van der Waals surface area (Å²) in [4.78, 5) is 0. The summed E-state index contributed by atoms with van der Waals surface area (Å²) in [5.74, 6) is 2.73. The van der Waals surface area contributed by atoms with Gasteiger partial charge in [0.05, 0.1) is 6.61 Å². The quantitative estimate of drug-likeness (QED) is 0.205. The second-order valence-corrected chi connectivity index (χ2v) is 12.8. The number of ether oxygens (including phenoxy) is 1. The summed E-state index contributed by atoms with van der Waals surface area (Å²) in [5, 5.41) is 0. The monoisotopic (exact) mass is 552 g/mol. The largest absolute Gasteiger partial charge is 0.493 e. The molecule has 0 saturated heterocycles. The SMILES string of the molecule is CCc1cc(-c2ccc(-c3ccc(C4CCC(C)CC4)cc3)c(CC)c2)c(CC)cc1OCCC(CC)(CC)CC. The highest BCUT2D eigenvalue weighted by Crippen LogP contribution is 2.39. The van der Waals surface area contributed by atoms with Crippen molar-refractivity contribution in [1.29, 1.82) is 0 Å². The first-order valence-corrected chi connectivity index (χ1v) is 16.9. The Balaban J connectivity index is 1.57. The Morgan fingerprint density at radius 1 is 0.634 bits per heavy atom.